The van der Waals surface area contributed by atoms with Gasteiger partial charge in [-0.3, -0.25) is 4.79 Å². The number of sulfone groups is 1. The molecule has 5 nitrogen and oxygen atoms in total. The van der Waals surface area contributed by atoms with Crippen molar-refractivity contribution in [2.45, 2.75) is 13.0 Å². The van der Waals surface area contributed by atoms with Gasteiger partial charge in [-0.2, -0.15) is 0 Å². The highest BCUT2D eigenvalue weighted by Crippen LogP contribution is 2.21. The maximum atomic E-state index is 13.2. The quantitative estimate of drug-likeness (QED) is 0.778. The van der Waals surface area contributed by atoms with Gasteiger partial charge in [0.2, 0.25) is 0 Å². The molecule has 20 heavy (non-hydrogen) atoms. The van der Waals surface area contributed by atoms with Gasteiger partial charge in [0.1, 0.15) is 0 Å². The molecule has 1 aliphatic heterocycles. The monoisotopic (exact) mass is 304 g/mol. The maximum absolute atomic E-state index is 13.2. The Morgan fingerprint density at radius 3 is 2.55 bits per heavy atom. The molecule has 2 rings (SSSR count). The number of nitrogens with zero attached hydrogens (tertiary/aromatic N) is 1. The highest BCUT2D eigenvalue weighted by Gasteiger charge is 2.32. The normalized spacial score (nSPS) is 21.8. The minimum absolute atomic E-state index is 0.0147. The van der Waals surface area contributed by atoms with Crippen LogP contribution in [0.3, 0.4) is 0 Å². The Morgan fingerprint density at radius 1 is 1.35 bits per heavy atom. The van der Waals surface area contributed by atoms with E-state index in [-0.39, 0.29) is 29.3 Å². The van der Waals surface area contributed by atoms with E-state index in [9.17, 15) is 22.0 Å². The van der Waals surface area contributed by atoms with Gasteiger partial charge in [0, 0.05) is 24.3 Å². The number of carbonyl (C=O) groups is 1. The molecule has 1 saturated heterocycles. The summed E-state index contributed by atoms with van der Waals surface area (Å²) < 4.78 is 49.1. The van der Waals surface area contributed by atoms with Crippen LogP contribution in [-0.4, -0.2) is 43.3 Å². The summed E-state index contributed by atoms with van der Waals surface area (Å²) >= 11 is 0. The van der Waals surface area contributed by atoms with E-state index in [0.29, 0.717) is 0 Å². The molecule has 1 aliphatic rings. The van der Waals surface area contributed by atoms with Crippen molar-refractivity contribution in [3.05, 3.63) is 29.3 Å². The first-order chi connectivity index (χ1) is 9.21. The lowest BCUT2D eigenvalue weighted by molar-refractivity contribution is 0.0713. The molecular formula is C12H14F2N2O3S. The summed E-state index contributed by atoms with van der Waals surface area (Å²) in [5.41, 5.74) is 5.20. The topological polar surface area (TPSA) is 80.5 Å². The van der Waals surface area contributed by atoms with E-state index in [1.807, 2.05) is 0 Å². The lowest BCUT2D eigenvalue weighted by Gasteiger charge is -2.33. The number of hydrogen-bond donors (Lipinski definition) is 1. The molecule has 0 radical (unpaired) electrons. The van der Waals surface area contributed by atoms with Gasteiger partial charge in [-0.05, 0) is 13.0 Å². The molecule has 1 atom stereocenters. The molecule has 1 unspecified atom stereocenters. The summed E-state index contributed by atoms with van der Waals surface area (Å²) in [5, 5.41) is 0. The zero-order valence-electron chi connectivity index (χ0n) is 10.8. The number of carbonyl (C=O) groups excluding carboxylic acids is 1. The van der Waals surface area contributed by atoms with E-state index in [4.69, 9.17) is 5.73 Å². The third-order valence-electron chi connectivity index (χ3n) is 3.25. The van der Waals surface area contributed by atoms with Crippen molar-refractivity contribution in [1.82, 2.24) is 4.90 Å². The molecular weight excluding hydrogens is 290 g/mol. The SMILES string of the molecule is CC1CS(=O)(=O)CCN1C(=O)c1cc(F)c(F)cc1N. The molecule has 1 amide bonds. The van der Waals surface area contributed by atoms with E-state index in [0.717, 1.165) is 12.1 Å². The fraction of sp³-hybridized carbons (Fsp3) is 0.417. The van der Waals surface area contributed by atoms with Crippen LogP contribution in [0.5, 0.6) is 0 Å². The van der Waals surface area contributed by atoms with Crippen LogP contribution in [0.15, 0.2) is 12.1 Å². The zero-order valence-corrected chi connectivity index (χ0v) is 11.6. The highest BCUT2D eigenvalue weighted by molar-refractivity contribution is 7.91. The van der Waals surface area contributed by atoms with Crippen LogP contribution in [-0.2, 0) is 9.84 Å². The Hall–Kier alpha value is -1.70. The molecule has 0 spiro atoms. The average Bonchev–Trinajstić information content (AvgIpc) is 2.32. The number of benzene rings is 1. The van der Waals surface area contributed by atoms with E-state index < -0.39 is 33.4 Å². The van der Waals surface area contributed by atoms with Gasteiger partial charge in [0.15, 0.2) is 21.5 Å². The lowest BCUT2D eigenvalue weighted by atomic mass is 10.1. The summed E-state index contributed by atoms with van der Waals surface area (Å²) in [5.74, 6) is -3.19. The van der Waals surface area contributed by atoms with Crippen LogP contribution in [0.25, 0.3) is 0 Å². The predicted molar refractivity (Wildman–Crippen MR) is 69.9 cm³/mol. The van der Waals surface area contributed by atoms with Gasteiger partial charge in [0.25, 0.3) is 5.91 Å². The Labute approximate surface area is 115 Å². The summed E-state index contributed by atoms with van der Waals surface area (Å²) in [6.45, 7) is 1.60. The maximum Gasteiger partial charge on any atom is 0.256 e. The van der Waals surface area contributed by atoms with Gasteiger partial charge >= 0.3 is 0 Å². The van der Waals surface area contributed by atoms with Crippen LogP contribution in [0.2, 0.25) is 0 Å². The van der Waals surface area contributed by atoms with Crippen molar-refractivity contribution in [3.63, 3.8) is 0 Å². The highest BCUT2D eigenvalue weighted by atomic mass is 32.2. The van der Waals surface area contributed by atoms with Gasteiger partial charge in [0.05, 0.1) is 17.1 Å². The number of anilines is 1. The second kappa shape index (κ2) is 5.01. The first kappa shape index (κ1) is 14.7. The minimum Gasteiger partial charge on any atom is -0.398 e. The molecule has 0 aromatic heterocycles. The van der Waals surface area contributed by atoms with E-state index in [1.165, 1.54) is 4.90 Å². The number of hydrogen-bond acceptors (Lipinski definition) is 4. The minimum atomic E-state index is -3.16. The Kier molecular flexibility index (Phi) is 3.68. The van der Waals surface area contributed by atoms with Crippen molar-refractivity contribution in [2.24, 2.45) is 0 Å². The Morgan fingerprint density at radius 2 is 1.95 bits per heavy atom. The summed E-state index contributed by atoms with van der Waals surface area (Å²) in [6, 6.07) is 0.949. The van der Waals surface area contributed by atoms with Crippen molar-refractivity contribution in [2.75, 3.05) is 23.8 Å². The smallest absolute Gasteiger partial charge is 0.256 e. The van der Waals surface area contributed by atoms with Crippen molar-refractivity contribution < 1.29 is 22.0 Å². The van der Waals surface area contributed by atoms with Crippen molar-refractivity contribution >= 4 is 21.4 Å². The summed E-state index contributed by atoms with van der Waals surface area (Å²) in [4.78, 5) is 13.6. The summed E-state index contributed by atoms with van der Waals surface area (Å²) in [6.07, 6.45) is 0. The molecule has 8 heteroatoms. The molecule has 1 heterocycles. The molecule has 1 aromatic carbocycles. The second-order valence-electron chi connectivity index (χ2n) is 4.82. The van der Waals surface area contributed by atoms with Crippen LogP contribution in [0.4, 0.5) is 14.5 Å². The second-order valence-corrected chi connectivity index (χ2v) is 7.04. The fourth-order valence-corrected chi connectivity index (χ4v) is 3.76. The molecule has 1 aromatic rings. The molecule has 0 saturated carbocycles. The lowest BCUT2D eigenvalue weighted by Crippen LogP contribution is -2.49. The molecule has 1 fully saturated rings. The predicted octanol–water partition coefficient (Wildman–Crippen LogP) is 0.806. The van der Waals surface area contributed by atoms with Gasteiger partial charge in [-0.15, -0.1) is 0 Å². The van der Waals surface area contributed by atoms with E-state index in [1.54, 1.807) is 6.92 Å². The van der Waals surface area contributed by atoms with Crippen LogP contribution in [0.1, 0.15) is 17.3 Å². The Bertz CT molecular complexity index is 661. The molecule has 2 N–H and O–H groups in total. The first-order valence-corrected chi connectivity index (χ1v) is 7.79. The number of halogens is 2. The third kappa shape index (κ3) is 2.74. The number of amides is 1. The third-order valence-corrected chi connectivity index (χ3v) is 5.05. The standard InChI is InChI=1S/C12H14F2N2O3S/c1-7-6-20(18,19)3-2-16(7)12(17)8-4-9(13)10(14)5-11(8)15/h4-5,7H,2-3,6,15H2,1H3. The average molecular weight is 304 g/mol. The van der Waals surface area contributed by atoms with Crippen LogP contribution >= 0.6 is 0 Å². The van der Waals surface area contributed by atoms with Gasteiger partial charge in [-0.1, -0.05) is 0 Å². The van der Waals surface area contributed by atoms with E-state index in [2.05, 4.69) is 0 Å². The van der Waals surface area contributed by atoms with Crippen molar-refractivity contribution in [3.8, 4) is 0 Å². The molecule has 110 valence electrons. The number of rotatable bonds is 1. The van der Waals surface area contributed by atoms with Gasteiger partial charge < -0.3 is 10.6 Å². The number of nitrogen functional groups attached to an aromatic ring is 1. The number of nitrogens with two attached hydrogens (primary N) is 1. The molecule has 0 aliphatic carbocycles. The largest absolute Gasteiger partial charge is 0.398 e. The first-order valence-electron chi connectivity index (χ1n) is 5.97. The summed E-state index contributed by atoms with van der Waals surface area (Å²) in [7, 11) is -3.16. The van der Waals surface area contributed by atoms with Crippen molar-refractivity contribution in [1.29, 1.82) is 0 Å². The van der Waals surface area contributed by atoms with Gasteiger partial charge in [-0.25, -0.2) is 17.2 Å². The fourth-order valence-electron chi connectivity index (χ4n) is 2.20. The van der Waals surface area contributed by atoms with E-state index >= 15 is 0 Å². The van der Waals surface area contributed by atoms with Crippen LogP contribution < -0.4 is 5.73 Å². The Balaban J connectivity index is 2.31. The molecule has 0 bridgehead atoms. The van der Waals surface area contributed by atoms with Crippen LogP contribution in [0, 0.1) is 11.6 Å². The zero-order chi connectivity index (χ0) is 15.1.